The van der Waals surface area contributed by atoms with Crippen LogP contribution in [0, 0.1) is 25.2 Å². The molecule has 0 saturated heterocycles. The van der Waals surface area contributed by atoms with E-state index in [4.69, 9.17) is 9.84 Å². The molecule has 1 saturated carbocycles. The number of rotatable bonds is 2. The Hall–Kier alpha value is -2.18. The third-order valence-corrected chi connectivity index (χ3v) is 8.05. The highest BCUT2D eigenvalue weighted by Gasteiger charge is 2.30. The molecule has 0 atom stereocenters. The molecule has 2 aromatic carbocycles. The normalized spacial score (nSPS) is 19.0. The van der Waals surface area contributed by atoms with Gasteiger partial charge >= 0.3 is 0 Å². The first kappa shape index (κ1) is 23.0. The second-order valence-electron chi connectivity index (χ2n) is 9.70. The lowest BCUT2D eigenvalue weighted by atomic mass is 9.72. The Bertz CT molecular complexity index is 1200. The number of nitrogens with zero attached hydrogens (tertiary/aromatic N) is 2. The van der Waals surface area contributed by atoms with Crippen LogP contribution in [0.2, 0.25) is 0 Å². The third kappa shape index (κ3) is 5.59. The van der Waals surface area contributed by atoms with E-state index in [-0.39, 0.29) is 5.75 Å². The molecule has 0 aliphatic heterocycles. The zero-order chi connectivity index (χ0) is 22.9. The van der Waals surface area contributed by atoms with Gasteiger partial charge in [-0.15, -0.1) is 22.7 Å². The van der Waals surface area contributed by atoms with Gasteiger partial charge in [0.05, 0.1) is 36.6 Å². The summed E-state index contributed by atoms with van der Waals surface area (Å²) in [5, 5.41) is 11.3. The molecule has 1 fully saturated rings. The third-order valence-electron chi connectivity index (χ3n) is 6.15. The fourth-order valence-electron chi connectivity index (χ4n) is 4.37. The zero-order valence-electron chi connectivity index (χ0n) is 19.5. The molecule has 1 aliphatic rings. The smallest absolute Gasteiger partial charge is 0.121 e. The first-order valence-corrected chi connectivity index (χ1v) is 12.9. The van der Waals surface area contributed by atoms with Crippen molar-refractivity contribution < 1.29 is 9.84 Å². The molecule has 32 heavy (non-hydrogen) atoms. The summed E-state index contributed by atoms with van der Waals surface area (Å²) in [6, 6.07) is 11.6. The van der Waals surface area contributed by atoms with Crippen molar-refractivity contribution in [1.29, 1.82) is 0 Å². The van der Waals surface area contributed by atoms with Crippen molar-refractivity contribution in [3.8, 4) is 11.5 Å². The molecular weight excluding hydrogens is 436 g/mol. The van der Waals surface area contributed by atoms with Gasteiger partial charge in [-0.25, -0.2) is 9.97 Å². The number of aromatic hydroxyl groups is 1. The molecule has 2 aromatic heterocycles. The minimum absolute atomic E-state index is 0.280. The van der Waals surface area contributed by atoms with Crippen LogP contribution < -0.4 is 4.74 Å². The summed E-state index contributed by atoms with van der Waals surface area (Å²) in [6.45, 7) is 11.1. The molecule has 4 nitrogen and oxygen atoms in total. The van der Waals surface area contributed by atoms with Crippen molar-refractivity contribution in [2.24, 2.45) is 11.3 Å². The van der Waals surface area contributed by atoms with Gasteiger partial charge in [-0.2, -0.15) is 0 Å². The summed E-state index contributed by atoms with van der Waals surface area (Å²) in [5.74, 6) is 2.09. The van der Waals surface area contributed by atoms with E-state index in [1.54, 1.807) is 34.8 Å². The van der Waals surface area contributed by atoms with Crippen molar-refractivity contribution in [3.05, 3.63) is 46.4 Å². The maximum Gasteiger partial charge on any atom is 0.121 e. The lowest BCUT2D eigenvalue weighted by molar-refractivity contribution is 0.0883. The average molecular weight is 469 g/mol. The Balaban J connectivity index is 0.000000186. The van der Waals surface area contributed by atoms with Crippen molar-refractivity contribution in [2.45, 2.75) is 66.4 Å². The number of fused-ring (bicyclic) bond motifs is 2. The monoisotopic (exact) mass is 468 g/mol. The number of phenols is 1. The van der Waals surface area contributed by atoms with Crippen LogP contribution in [-0.4, -0.2) is 21.2 Å². The lowest BCUT2D eigenvalue weighted by Crippen LogP contribution is -2.30. The molecule has 4 aromatic rings. The Morgan fingerprint density at radius 3 is 2.00 bits per heavy atom. The van der Waals surface area contributed by atoms with Crippen LogP contribution in [0.3, 0.4) is 0 Å². The van der Waals surface area contributed by atoms with Gasteiger partial charge in [-0.3, -0.25) is 0 Å². The summed E-state index contributed by atoms with van der Waals surface area (Å²) >= 11 is 3.38. The standard InChI is InChI=1S/C18H25NOS.C8H7NOS/c1-12-19-16-11-15(9-10-17(16)21-12)20-14-7-5-13(6-8-14)18(2,3)4;1-5-9-7-4-6(10)2-3-8(7)11-5/h9-11,13-14H,5-8H2,1-4H3;2-4,10H,1H3. The predicted molar refractivity (Wildman–Crippen MR) is 136 cm³/mol. The van der Waals surface area contributed by atoms with E-state index in [2.05, 4.69) is 55.9 Å². The number of thiazole rings is 2. The topological polar surface area (TPSA) is 55.2 Å². The van der Waals surface area contributed by atoms with E-state index < -0.39 is 0 Å². The van der Waals surface area contributed by atoms with Crippen molar-refractivity contribution in [1.82, 2.24) is 9.97 Å². The van der Waals surface area contributed by atoms with E-state index in [1.807, 2.05) is 13.0 Å². The minimum atomic E-state index is 0.280. The summed E-state index contributed by atoms with van der Waals surface area (Å²) in [5.41, 5.74) is 2.38. The Morgan fingerprint density at radius 1 is 0.844 bits per heavy atom. The van der Waals surface area contributed by atoms with Crippen molar-refractivity contribution in [3.63, 3.8) is 0 Å². The predicted octanol–water partition coefficient (Wildman–Crippen LogP) is 7.90. The summed E-state index contributed by atoms with van der Waals surface area (Å²) in [4.78, 5) is 8.78. The van der Waals surface area contributed by atoms with Crippen LogP contribution in [0.25, 0.3) is 20.4 Å². The second kappa shape index (κ2) is 9.36. The van der Waals surface area contributed by atoms with E-state index >= 15 is 0 Å². The van der Waals surface area contributed by atoms with Crippen LogP contribution >= 0.6 is 22.7 Å². The van der Waals surface area contributed by atoms with Crippen LogP contribution in [-0.2, 0) is 0 Å². The number of benzene rings is 2. The van der Waals surface area contributed by atoms with Crippen LogP contribution in [0.4, 0.5) is 0 Å². The number of aryl methyl sites for hydroxylation is 2. The van der Waals surface area contributed by atoms with Crippen molar-refractivity contribution >= 4 is 43.1 Å². The van der Waals surface area contributed by atoms with E-state index in [0.717, 1.165) is 37.4 Å². The molecule has 0 bridgehead atoms. The maximum atomic E-state index is 9.10. The van der Waals surface area contributed by atoms with Gasteiger partial charge < -0.3 is 9.84 Å². The Morgan fingerprint density at radius 2 is 1.41 bits per heavy atom. The minimum Gasteiger partial charge on any atom is -0.508 e. The summed E-state index contributed by atoms with van der Waals surface area (Å²) < 4.78 is 8.57. The van der Waals surface area contributed by atoms with E-state index in [0.29, 0.717) is 11.5 Å². The molecular formula is C26H32N2O2S2. The highest BCUT2D eigenvalue weighted by atomic mass is 32.1. The first-order chi connectivity index (χ1) is 15.2. The molecule has 1 N–H and O–H groups in total. The molecule has 2 heterocycles. The summed E-state index contributed by atoms with van der Waals surface area (Å²) in [6.07, 6.45) is 5.30. The van der Waals surface area contributed by atoms with Crippen LogP contribution in [0.15, 0.2) is 36.4 Å². The van der Waals surface area contributed by atoms with E-state index in [9.17, 15) is 0 Å². The Labute approximate surface area is 198 Å². The molecule has 0 unspecified atom stereocenters. The molecule has 0 spiro atoms. The van der Waals surface area contributed by atoms with Gasteiger partial charge in [0.1, 0.15) is 11.5 Å². The number of ether oxygens (including phenoxy) is 1. The highest BCUT2D eigenvalue weighted by molar-refractivity contribution is 7.18. The van der Waals surface area contributed by atoms with Crippen molar-refractivity contribution in [2.75, 3.05) is 0 Å². The Kier molecular flexibility index (Phi) is 6.72. The van der Waals surface area contributed by atoms with E-state index in [1.165, 1.54) is 30.4 Å². The van der Waals surface area contributed by atoms with Gasteiger partial charge in [-0.1, -0.05) is 20.8 Å². The molecule has 0 amide bonds. The highest BCUT2D eigenvalue weighted by Crippen LogP contribution is 2.39. The first-order valence-electron chi connectivity index (χ1n) is 11.3. The van der Waals surface area contributed by atoms with Gasteiger partial charge in [0, 0.05) is 12.1 Å². The maximum absolute atomic E-state index is 9.10. The lowest BCUT2D eigenvalue weighted by Gasteiger charge is -2.36. The number of phenolic OH excluding ortho intramolecular Hbond substituents is 1. The molecule has 6 heteroatoms. The summed E-state index contributed by atoms with van der Waals surface area (Å²) in [7, 11) is 0. The quantitative estimate of drug-likeness (QED) is 0.325. The number of aromatic nitrogens is 2. The van der Waals surface area contributed by atoms with Gasteiger partial charge in [0.25, 0.3) is 0 Å². The fourth-order valence-corrected chi connectivity index (χ4v) is 5.98. The molecule has 1 aliphatic carbocycles. The molecule has 170 valence electrons. The fraction of sp³-hybridized carbons (Fsp3) is 0.462. The SMILES string of the molecule is Cc1nc2cc(O)ccc2s1.Cc1nc2cc(OC3CCC(C(C)(C)C)CC3)ccc2s1. The van der Waals surface area contributed by atoms with Crippen LogP contribution in [0.5, 0.6) is 11.5 Å². The number of hydrogen-bond acceptors (Lipinski definition) is 6. The van der Waals surface area contributed by atoms with Gasteiger partial charge in [0.2, 0.25) is 0 Å². The second-order valence-corrected chi connectivity index (χ2v) is 12.2. The molecule has 0 radical (unpaired) electrons. The van der Waals surface area contributed by atoms with Gasteiger partial charge in [0.15, 0.2) is 0 Å². The van der Waals surface area contributed by atoms with Crippen LogP contribution in [0.1, 0.15) is 56.5 Å². The largest absolute Gasteiger partial charge is 0.508 e. The molecule has 5 rings (SSSR count). The zero-order valence-corrected chi connectivity index (χ0v) is 21.1. The number of hydrogen-bond donors (Lipinski definition) is 1. The average Bonchev–Trinajstić information content (AvgIpc) is 3.28. The van der Waals surface area contributed by atoms with Gasteiger partial charge in [-0.05, 0) is 75.1 Å².